The maximum Gasteiger partial charge on any atom is 0.361 e. The Kier molecular flexibility index (Phi) is 2.58. The van der Waals surface area contributed by atoms with Crippen LogP contribution in [0.5, 0.6) is 0 Å². The molecule has 1 N–H and O–H groups in total. The Morgan fingerprint density at radius 1 is 1.56 bits per heavy atom. The van der Waals surface area contributed by atoms with Crippen molar-refractivity contribution in [3.63, 3.8) is 0 Å². The summed E-state index contributed by atoms with van der Waals surface area (Å²) in [5.74, 6) is 0.0525. The van der Waals surface area contributed by atoms with E-state index < -0.39 is 5.97 Å². The number of hydrogen-bond acceptors (Lipinski definition) is 7. The first kappa shape index (κ1) is 10.9. The third-order valence-corrected chi connectivity index (χ3v) is 2.66. The van der Waals surface area contributed by atoms with Crippen LogP contribution in [0.2, 0.25) is 0 Å². The Balaban J connectivity index is 2.05. The monoisotopic (exact) mass is 248 g/mol. The van der Waals surface area contributed by atoms with Gasteiger partial charge in [-0.2, -0.15) is 4.98 Å². The van der Waals surface area contributed by atoms with Crippen LogP contribution in [0.1, 0.15) is 30.3 Å². The van der Waals surface area contributed by atoms with Crippen molar-refractivity contribution in [3.05, 3.63) is 12.0 Å². The molecule has 0 atom stereocenters. The summed E-state index contributed by atoms with van der Waals surface area (Å²) in [5, 5.41) is 7.42. The summed E-state index contributed by atoms with van der Waals surface area (Å²) in [6.45, 7) is 2.02. The highest BCUT2D eigenvalue weighted by molar-refractivity contribution is 6.04. The summed E-state index contributed by atoms with van der Waals surface area (Å²) in [4.78, 5) is 19.8. The van der Waals surface area contributed by atoms with Crippen LogP contribution >= 0.6 is 0 Å². The first-order chi connectivity index (χ1) is 8.79. The number of carbonyl (C=O) groups excluding carboxylic acids is 1. The molecule has 2 aromatic rings. The fourth-order valence-corrected chi connectivity index (χ4v) is 1.66. The molecular formula is C11H12N4O3. The second-order valence-electron chi connectivity index (χ2n) is 4.07. The lowest BCUT2D eigenvalue weighted by molar-refractivity contribution is 0.0517. The van der Waals surface area contributed by atoms with Crippen molar-refractivity contribution in [2.24, 2.45) is 0 Å². The van der Waals surface area contributed by atoms with Crippen LogP contribution < -0.4 is 5.32 Å². The minimum Gasteiger partial charge on any atom is -0.461 e. The zero-order chi connectivity index (χ0) is 12.5. The molecule has 0 aliphatic heterocycles. The number of fused-ring (bicyclic) bond motifs is 1. The molecule has 18 heavy (non-hydrogen) atoms. The predicted molar refractivity (Wildman–Crippen MR) is 62.2 cm³/mol. The number of hydrogen-bond donors (Lipinski definition) is 1. The van der Waals surface area contributed by atoms with Crippen LogP contribution in [0, 0.1) is 0 Å². The number of nitrogens with one attached hydrogen (secondary N) is 1. The van der Waals surface area contributed by atoms with E-state index in [-0.39, 0.29) is 18.0 Å². The molecule has 1 fully saturated rings. The molecule has 0 bridgehead atoms. The van der Waals surface area contributed by atoms with Crippen molar-refractivity contribution in [1.29, 1.82) is 0 Å². The summed E-state index contributed by atoms with van der Waals surface area (Å²) in [7, 11) is 0. The normalized spacial score (nSPS) is 14.7. The van der Waals surface area contributed by atoms with E-state index in [0.717, 1.165) is 12.8 Å². The Labute approximate surface area is 103 Å². The zero-order valence-electron chi connectivity index (χ0n) is 9.84. The lowest BCUT2D eigenvalue weighted by atomic mass is 10.3. The Bertz CT molecular complexity index is 591. The third-order valence-electron chi connectivity index (χ3n) is 2.66. The van der Waals surface area contributed by atoms with Crippen molar-refractivity contribution >= 4 is 22.9 Å². The molecule has 7 nitrogen and oxygen atoms in total. The molecular weight excluding hydrogens is 236 g/mol. The van der Waals surface area contributed by atoms with Crippen LogP contribution in [-0.4, -0.2) is 33.7 Å². The fourth-order valence-electron chi connectivity index (χ4n) is 1.66. The summed E-state index contributed by atoms with van der Waals surface area (Å²) in [6.07, 6.45) is 3.59. The van der Waals surface area contributed by atoms with E-state index in [2.05, 4.69) is 20.4 Å². The van der Waals surface area contributed by atoms with Gasteiger partial charge in [0.05, 0.1) is 6.61 Å². The van der Waals surface area contributed by atoms with Crippen LogP contribution in [0.15, 0.2) is 10.9 Å². The van der Waals surface area contributed by atoms with Gasteiger partial charge in [0.25, 0.3) is 5.71 Å². The molecule has 0 aromatic carbocycles. The van der Waals surface area contributed by atoms with E-state index in [0.29, 0.717) is 17.2 Å². The van der Waals surface area contributed by atoms with Crippen LogP contribution in [0.25, 0.3) is 11.1 Å². The van der Waals surface area contributed by atoms with Crippen LogP contribution in [0.3, 0.4) is 0 Å². The summed E-state index contributed by atoms with van der Waals surface area (Å²) in [5.41, 5.74) is 0.409. The maximum absolute atomic E-state index is 11.7. The van der Waals surface area contributed by atoms with Gasteiger partial charge in [0.15, 0.2) is 0 Å². The van der Waals surface area contributed by atoms with Gasteiger partial charge in [0.2, 0.25) is 5.69 Å². The van der Waals surface area contributed by atoms with Gasteiger partial charge < -0.3 is 14.6 Å². The van der Waals surface area contributed by atoms with Gasteiger partial charge in [-0.05, 0) is 19.8 Å². The van der Waals surface area contributed by atoms with Crippen molar-refractivity contribution in [3.8, 4) is 0 Å². The van der Waals surface area contributed by atoms with Gasteiger partial charge in [0.1, 0.15) is 17.5 Å². The number of ether oxygens (including phenoxy) is 1. The molecule has 0 amide bonds. The van der Waals surface area contributed by atoms with Crippen LogP contribution in [-0.2, 0) is 4.74 Å². The molecule has 94 valence electrons. The Morgan fingerprint density at radius 2 is 2.39 bits per heavy atom. The molecule has 7 heteroatoms. The van der Waals surface area contributed by atoms with Crippen molar-refractivity contribution < 1.29 is 14.1 Å². The van der Waals surface area contributed by atoms with E-state index >= 15 is 0 Å². The highest BCUT2D eigenvalue weighted by Crippen LogP contribution is 2.29. The quantitative estimate of drug-likeness (QED) is 0.817. The SMILES string of the molecule is CCOC(=O)c1noc2ncnc(NC3CC3)c12. The van der Waals surface area contributed by atoms with Gasteiger partial charge in [-0.3, -0.25) is 0 Å². The molecule has 1 saturated carbocycles. The molecule has 1 aliphatic carbocycles. The molecule has 3 rings (SSSR count). The molecule has 2 heterocycles. The van der Waals surface area contributed by atoms with Gasteiger partial charge in [0, 0.05) is 6.04 Å². The van der Waals surface area contributed by atoms with Gasteiger partial charge in [-0.1, -0.05) is 5.16 Å². The predicted octanol–water partition coefficient (Wildman–Crippen LogP) is 1.37. The number of rotatable bonds is 4. The first-order valence-corrected chi connectivity index (χ1v) is 5.83. The summed E-state index contributed by atoms with van der Waals surface area (Å²) in [6, 6.07) is 0.410. The van der Waals surface area contributed by atoms with E-state index in [1.54, 1.807) is 6.92 Å². The smallest absolute Gasteiger partial charge is 0.361 e. The fraction of sp³-hybridized carbons (Fsp3) is 0.455. The van der Waals surface area contributed by atoms with Crippen molar-refractivity contribution in [2.45, 2.75) is 25.8 Å². The van der Waals surface area contributed by atoms with Gasteiger partial charge in [-0.15, -0.1) is 0 Å². The van der Waals surface area contributed by atoms with E-state index in [4.69, 9.17) is 9.26 Å². The largest absolute Gasteiger partial charge is 0.461 e. The Hall–Kier alpha value is -2.18. The van der Waals surface area contributed by atoms with Crippen molar-refractivity contribution in [2.75, 3.05) is 11.9 Å². The number of nitrogens with zero attached hydrogens (tertiary/aromatic N) is 3. The summed E-state index contributed by atoms with van der Waals surface area (Å²) < 4.78 is 9.94. The molecule has 0 spiro atoms. The van der Waals surface area contributed by atoms with E-state index in [1.165, 1.54) is 6.33 Å². The topological polar surface area (TPSA) is 90.1 Å². The molecule has 0 saturated heterocycles. The minimum atomic E-state index is -0.523. The lowest BCUT2D eigenvalue weighted by Gasteiger charge is -2.04. The minimum absolute atomic E-state index is 0.121. The average Bonchev–Trinajstić information content (AvgIpc) is 3.06. The lowest BCUT2D eigenvalue weighted by Crippen LogP contribution is -2.08. The highest BCUT2D eigenvalue weighted by atomic mass is 16.5. The van der Waals surface area contributed by atoms with Crippen LogP contribution in [0.4, 0.5) is 5.82 Å². The molecule has 0 radical (unpaired) electrons. The number of esters is 1. The van der Waals surface area contributed by atoms with Gasteiger partial charge >= 0.3 is 5.97 Å². The highest BCUT2D eigenvalue weighted by Gasteiger charge is 2.26. The number of carbonyl (C=O) groups is 1. The molecule has 1 aliphatic rings. The zero-order valence-corrected chi connectivity index (χ0v) is 9.84. The average molecular weight is 248 g/mol. The standard InChI is InChI=1S/C11H12N4O3/c1-2-17-11(16)8-7-9(14-6-3-4-6)12-5-13-10(7)18-15-8/h5-6H,2-4H2,1H3,(H,12,13,14). The van der Waals surface area contributed by atoms with Crippen molar-refractivity contribution in [1.82, 2.24) is 15.1 Å². The molecule has 0 unspecified atom stereocenters. The van der Waals surface area contributed by atoms with E-state index in [9.17, 15) is 4.79 Å². The number of aromatic nitrogens is 3. The maximum atomic E-state index is 11.7. The second kappa shape index (κ2) is 4.25. The second-order valence-corrected chi connectivity index (χ2v) is 4.07. The number of anilines is 1. The summed E-state index contributed by atoms with van der Waals surface area (Å²) >= 11 is 0. The van der Waals surface area contributed by atoms with Gasteiger partial charge in [-0.25, -0.2) is 9.78 Å². The Morgan fingerprint density at radius 3 is 3.11 bits per heavy atom. The van der Waals surface area contributed by atoms with E-state index in [1.807, 2.05) is 0 Å². The third kappa shape index (κ3) is 1.87. The first-order valence-electron chi connectivity index (χ1n) is 5.83. The molecule has 2 aromatic heterocycles.